The second-order valence-corrected chi connectivity index (χ2v) is 6.00. The summed E-state index contributed by atoms with van der Waals surface area (Å²) in [6.07, 6.45) is 0.855. The van der Waals surface area contributed by atoms with E-state index >= 15 is 0 Å². The molecule has 1 aromatic heterocycles. The predicted molar refractivity (Wildman–Crippen MR) is 63.0 cm³/mol. The number of rotatable bonds is 4. The fourth-order valence-electron chi connectivity index (χ4n) is 2.10. The van der Waals surface area contributed by atoms with E-state index in [0.717, 1.165) is 31.1 Å². The second-order valence-electron chi connectivity index (χ2n) is 5.06. The highest BCUT2D eigenvalue weighted by Crippen LogP contribution is 2.28. The normalized spacial score (nSPS) is 19.4. The van der Waals surface area contributed by atoms with Gasteiger partial charge in [-0.15, -0.1) is 11.3 Å². The van der Waals surface area contributed by atoms with Crippen molar-refractivity contribution in [3.63, 3.8) is 0 Å². The van der Waals surface area contributed by atoms with Gasteiger partial charge in [-0.1, -0.05) is 13.8 Å². The Balaban J connectivity index is 1.80. The van der Waals surface area contributed by atoms with Crippen molar-refractivity contribution in [3.05, 3.63) is 16.1 Å². The highest BCUT2D eigenvalue weighted by Gasteiger charge is 2.33. The first-order chi connectivity index (χ1) is 7.46. The Morgan fingerprint density at radius 2 is 2.31 bits per heavy atom. The van der Waals surface area contributed by atoms with Crippen molar-refractivity contribution in [1.29, 1.82) is 0 Å². The van der Waals surface area contributed by atoms with Gasteiger partial charge in [-0.3, -0.25) is 0 Å². The Hall–Kier alpha value is -0.940. The number of aromatic carboxylic acids is 1. The van der Waals surface area contributed by atoms with E-state index in [1.54, 1.807) is 5.38 Å². The fraction of sp³-hybridized carbons (Fsp3) is 0.636. The SMILES string of the molecule is CC1(C)CN(CCc2nc(C(=O)O)cs2)C1. The average molecular weight is 240 g/mol. The number of thiazole rings is 1. The van der Waals surface area contributed by atoms with Gasteiger partial charge in [-0.05, 0) is 5.41 Å². The third-order valence-corrected chi connectivity index (χ3v) is 3.62. The minimum atomic E-state index is -0.937. The van der Waals surface area contributed by atoms with Gasteiger partial charge in [0, 0.05) is 31.4 Å². The molecule has 4 nitrogen and oxygen atoms in total. The van der Waals surface area contributed by atoms with Gasteiger partial charge < -0.3 is 10.0 Å². The maximum atomic E-state index is 10.6. The molecule has 0 spiro atoms. The van der Waals surface area contributed by atoms with Crippen molar-refractivity contribution in [1.82, 2.24) is 9.88 Å². The van der Waals surface area contributed by atoms with Gasteiger partial charge in [0.25, 0.3) is 0 Å². The Morgan fingerprint density at radius 3 is 2.81 bits per heavy atom. The van der Waals surface area contributed by atoms with E-state index in [2.05, 4.69) is 23.7 Å². The zero-order chi connectivity index (χ0) is 11.8. The molecule has 5 heteroatoms. The van der Waals surface area contributed by atoms with Crippen molar-refractivity contribution >= 4 is 17.3 Å². The van der Waals surface area contributed by atoms with Gasteiger partial charge in [-0.25, -0.2) is 9.78 Å². The summed E-state index contributed by atoms with van der Waals surface area (Å²) in [7, 11) is 0. The van der Waals surface area contributed by atoms with Crippen molar-refractivity contribution in [3.8, 4) is 0 Å². The highest BCUT2D eigenvalue weighted by molar-refractivity contribution is 7.09. The van der Waals surface area contributed by atoms with Crippen LogP contribution in [-0.4, -0.2) is 40.6 Å². The van der Waals surface area contributed by atoms with Crippen LogP contribution in [0.25, 0.3) is 0 Å². The number of hydrogen-bond acceptors (Lipinski definition) is 4. The van der Waals surface area contributed by atoms with Gasteiger partial charge in [0.15, 0.2) is 5.69 Å². The minimum Gasteiger partial charge on any atom is -0.476 e. The van der Waals surface area contributed by atoms with E-state index in [0.29, 0.717) is 5.41 Å². The Kier molecular flexibility index (Phi) is 2.99. The molecule has 0 unspecified atom stereocenters. The number of carboxylic acid groups (broad SMARTS) is 1. The summed E-state index contributed by atoms with van der Waals surface area (Å²) in [5, 5.41) is 11.3. The molecule has 1 aromatic rings. The Labute approximate surface area is 98.9 Å². The first-order valence-electron chi connectivity index (χ1n) is 5.36. The monoisotopic (exact) mass is 240 g/mol. The summed E-state index contributed by atoms with van der Waals surface area (Å²) < 4.78 is 0. The number of likely N-dealkylation sites (tertiary alicyclic amines) is 1. The van der Waals surface area contributed by atoms with Crippen molar-refractivity contribution in [2.24, 2.45) is 5.41 Å². The van der Waals surface area contributed by atoms with Crippen LogP contribution in [0.1, 0.15) is 29.3 Å². The minimum absolute atomic E-state index is 0.170. The molecule has 0 aromatic carbocycles. The number of aromatic nitrogens is 1. The van der Waals surface area contributed by atoms with Crippen LogP contribution in [0.5, 0.6) is 0 Å². The van der Waals surface area contributed by atoms with E-state index in [1.165, 1.54) is 11.3 Å². The molecule has 2 heterocycles. The number of hydrogen-bond donors (Lipinski definition) is 1. The molecule has 1 aliphatic rings. The predicted octanol–water partition coefficient (Wildman–Crippen LogP) is 1.73. The highest BCUT2D eigenvalue weighted by atomic mass is 32.1. The zero-order valence-electron chi connectivity index (χ0n) is 9.56. The summed E-state index contributed by atoms with van der Waals surface area (Å²) in [5.74, 6) is -0.937. The molecular weight excluding hydrogens is 224 g/mol. The molecule has 0 radical (unpaired) electrons. The van der Waals surface area contributed by atoms with Crippen LogP contribution in [0.3, 0.4) is 0 Å². The third kappa shape index (κ3) is 2.59. The average Bonchev–Trinajstić information content (AvgIpc) is 2.59. The summed E-state index contributed by atoms with van der Waals surface area (Å²) >= 11 is 1.44. The number of carbonyl (C=O) groups is 1. The molecule has 0 bridgehead atoms. The first-order valence-corrected chi connectivity index (χ1v) is 6.24. The zero-order valence-corrected chi connectivity index (χ0v) is 10.4. The van der Waals surface area contributed by atoms with Crippen LogP contribution in [0, 0.1) is 5.41 Å². The summed E-state index contributed by atoms with van der Waals surface area (Å²) in [5.41, 5.74) is 0.624. The van der Waals surface area contributed by atoms with Gasteiger partial charge in [-0.2, -0.15) is 0 Å². The lowest BCUT2D eigenvalue weighted by molar-refractivity contribution is 0.0324. The molecule has 1 fully saturated rings. The molecule has 2 rings (SSSR count). The van der Waals surface area contributed by atoms with Crippen molar-refractivity contribution in [2.45, 2.75) is 20.3 Å². The molecule has 0 saturated carbocycles. The van der Waals surface area contributed by atoms with Crippen LogP contribution >= 0.6 is 11.3 Å². The molecule has 16 heavy (non-hydrogen) atoms. The van der Waals surface area contributed by atoms with Crippen molar-refractivity contribution in [2.75, 3.05) is 19.6 Å². The van der Waals surface area contributed by atoms with E-state index in [1.807, 2.05) is 0 Å². The lowest BCUT2D eigenvalue weighted by Gasteiger charge is -2.45. The first kappa shape index (κ1) is 11.5. The number of carboxylic acids is 1. The summed E-state index contributed by atoms with van der Waals surface area (Å²) in [6, 6.07) is 0. The molecule has 0 aliphatic carbocycles. The van der Waals surface area contributed by atoms with Gasteiger partial charge in [0.1, 0.15) is 0 Å². The van der Waals surface area contributed by atoms with Crippen LogP contribution in [0.15, 0.2) is 5.38 Å². The second kappa shape index (κ2) is 4.14. The topological polar surface area (TPSA) is 53.4 Å². The number of nitrogens with zero attached hydrogens (tertiary/aromatic N) is 2. The van der Waals surface area contributed by atoms with Crippen LogP contribution in [-0.2, 0) is 6.42 Å². The maximum Gasteiger partial charge on any atom is 0.355 e. The molecule has 88 valence electrons. The molecular formula is C11H16N2O2S. The van der Waals surface area contributed by atoms with Gasteiger partial charge >= 0.3 is 5.97 Å². The maximum absolute atomic E-state index is 10.6. The summed E-state index contributed by atoms with van der Waals surface area (Å²) in [4.78, 5) is 17.1. The van der Waals surface area contributed by atoms with Gasteiger partial charge in [0.2, 0.25) is 0 Å². The van der Waals surface area contributed by atoms with E-state index < -0.39 is 5.97 Å². The Morgan fingerprint density at radius 1 is 1.62 bits per heavy atom. The molecule has 0 atom stereocenters. The van der Waals surface area contributed by atoms with Gasteiger partial charge in [0.05, 0.1) is 5.01 Å². The quantitative estimate of drug-likeness (QED) is 0.870. The van der Waals surface area contributed by atoms with E-state index in [-0.39, 0.29) is 5.69 Å². The lowest BCUT2D eigenvalue weighted by Crippen LogP contribution is -2.53. The van der Waals surface area contributed by atoms with E-state index in [9.17, 15) is 4.79 Å². The largest absolute Gasteiger partial charge is 0.476 e. The van der Waals surface area contributed by atoms with Crippen LogP contribution in [0.4, 0.5) is 0 Å². The third-order valence-electron chi connectivity index (χ3n) is 2.72. The standard InChI is InChI=1S/C11H16N2O2S/c1-11(2)6-13(7-11)4-3-9-12-8(5-16-9)10(14)15/h5H,3-4,6-7H2,1-2H3,(H,14,15). The smallest absolute Gasteiger partial charge is 0.355 e. The van der Waals surface area contributed by atoms with Crippen molar-refractivity contribution < 1.29 is 9.90 Å². The van der Waals surface area contributed by atoms with Crippen LogP contribution < -0.4 is 0 Å². The van der Waals surface area contributed by atoms with Crippen LogP contribution in [0.2, 0.25) is 0 Å². The van der Waals surface area contributed by atoms with E-state index in [4.69, 9.17) is 5.11 Å². The summed E-state index contributed by atoms with van der Waals surface area (Å²) in [6.45, 7) is 7.76. The molecule has 1 N–H and O–H groups in total. The molecule has 1 saturated heterocycles. The Bertz CT molecular complexity index is 392. The lowest BCUT2D eigenvalue weighted by atomic mass is 9.84. The fourth-order valence-corrected chi connectivity index (χ4v) is 2.86. The molecule has 0 amide bonds. The molecule has 1 aliphatic heterocycles.